The molecule has 2 saturated heterocycles. The number of hydrogen-bond donors (Lipinski definition) is 1. The smallest absolute Gasteiger partial charge is 0.355 e. The third kappa shape index (κ3) is 5.23. The Morgan fingerprint density at radius 2 is 1.34 bits per heavy atom. The van der Waals surface area contributed by atoms with Crippen LogP contribution in [0.25, 0.3) is 0 Å². The van der Waals surface area contributed by atoms with Crippen LogP contribution in [0, 0.1) is 0 Å². The number of rotatable bonds is 3. The average Bonchev–Trinajstić information content (AvgIpc) is 3.09. The molecule has 2 fully saturated rings. The van der Waals surface area contributed by atoms with Gasteiger partial charge in [-0.1, -0.05) is 25.0 Å². The first-order valence-corrected chi connectivity index (χ1v) is 11.0. The summed E-state index contributed by atoms with van der Waals surface area (Å²) < 4.78 is 39.5. The molecule has 0 radical (unpaired) electrons. The van der Waals surface area contributed by atoms with E-state index in [4.69, 9.17) is 0 Å². The second-order valence-corrected chi connectivity index (χ2v) is 8.10. The monoisotopic (exact) mass is 448 g/mol. The van der Waals surface area contributed by atoms with Crippen LogP contribution in [0.3, 0.4) is 0 Å². The average molecular weight is 448 g/mol. The highest BCUT2D eigenvalue weighted by Crippen LogP contribution is 2.34. The fourth-order valence-corrected chi connectivity index (χ4v) is 4.13. The molecule has 0 saturated carbocycles. The van der Waals surface area contributed by atoms with Gasteiger partial charge in [-0.3, -0.25) is 0 Å². The number of benzene rings is 1. The molecule has 32 heavy (non-hydrogen) atoms. The molecule has 1 N–H and O–H groups in total. The van der Waals surface area contributed by atoms with Crippen LogP contribution >= 0.6 is 0 Å². The first-order chi connectivity index (χ1) is 15.4. The number of nitrogens with one attached hydrogen (secondary N) is 1. The summed E-state index contributed by atoms with van der Waals surface area (Å²) in [5.74, 6) is 1.63. The predicted molar refractivity (Wildman–Crippen MR) is 117 cm³/mol. The Morgan fingerprint density at radius 1 is 0.781 bits per heavy atom. The molecule has 172 valence electrons. The van der Waals surface area contributed by atoms with E-state index in [0.717, 1.165) is 30.8 Å². The first kappa shape index (κ1) is 22.2. The van der Waals surface area contributed by atoms with Crippen molar-refractivity contribution in [1.82, 2.24) is 15.1 Å². The quantitative estimate of drug-likeness (QED) is 0.761. The molecule has 3 heterocycles. The molecular formula is C22H27F3N6O. The lowest BCUT2D eigenvalue weighted by Crippen LogP contribution is -2.50. The molecule has 10 heteroatoms. The van der Waals surface area contributed by atoms with Gasteiger partial charge in [0.15, 0.2) is 11.6 Å². The van der Waals surface area contributed by atoms with Gasteiger partial charge in [-0.2, -0.15) is 13.2 Å². The topological polar surface area (TPSA) is 64.6 Å². The summed E-state index contributed by atoms with van der Waals surface area (Å²) in [7, 11) is 0. The lowest BCUT2D eigenvalue weighted by atomic mass is 10.1. The van der Waals surface area contributed by atoms with Gasteiger partial charge in [0.05, 0.1) is 11.3 Å². The molecule has 0 aliphatic carbocycles. The number of urea groups is 1. The van der Waals surface area contributed by atoms with Crippen LogP contribution in [-0.2, 0) is 6.18 Å². The summed E-state index contributed by atoms with van der Waals surface area (Å²) in [4.78, 5) is 18.4. The summed E-state index contributed by atoms with van der Waals surface area (Å²) in [5.41, 5.74) is -1.09. The van der Waals surface area contributed by atoms with Gasteiger partial charge in [0.1, 0.15) is 0 Å². The normalized spacial score (nSPS) is 17.8. The van der Waals surface area contributed by atoms with Crippen LogP contribution in [0.4, 0.5) is 35.3 Å². The third-order valence-electron chi connectivity index (χ3n) is 5.93. The maximum absolute atomic E-state index is 13.2. The summed E-state index contributed by atoms with van der Waals surface area (Å²) >= 11 is 0. The van der Waals surface area contributed by atoms with E-state index in [0.29, 0.717) is 26.2 Å². The number of halogens is 3. The fraction of sp³-hybridized carbons (Fsp3) is 0.500. The SMILES string of the molecule is O=C(Nc1ccccc1C(F)(F)F)N1CCN(c2ccc(N3CCCCCC3)nn2)CC1. The molecule has 2 amide bonds. The Kier molecular flexibility index (Phi) is 6.66. The Morgan fingerprint density at radius 3 is 1.91 bits per heavy atom. The van der Waals surface area contributed by atoms with E-state index in [9.17, 15) is 18.0 Å². The Balaban J connectivity index is 1.33. The maximum atomic E-state index is 13.2. The van der Waals surface area contributed by atoms with Gasteiger partial charge in [-0.05, 0) is 37.1 Å². The molecule has 1 aromatic heterocycles. The number of amides is 2. The van der Waals surface area contributed by atoms with Crippen LogP contribution in [0.2, 0.25) is 0 Å². The van der Waals surface area contributed by atoms with Gasteiger partial charge in [-0.25, -0.2) is 4.79 Å². The van der Waals surface area contributed by atoms with E-state index >= 15 is 0 Å². The number of carbonyl (C=O) groups is 1. The fourth-order valence-electron chi connectivity index (χ4n) is 4.13. The number of nitrogens with zero attached hydrogens (tertiary/aromatic N) is 5. The highest BCUT2D eigenvalue weighted by Gasteiger charge is 2.34. The molecule has 0 unspecified atom stereocenters. The van der Waals surface area contributed by atoms with Gasteiger partial charge in [0.25, 0.3) is 0 Å². The summed E-state index contributed by atoms with van der Waals surface area (Å²) in [6.07, 6.45) is 0.311. The van der Waals surface area contributed by atoms with E-state index < -0.39 is 17.8 Å². The van der Waals surface area contributed by atoms with Crippen molar-refractivity contribution in [3.05, 3.63) is 42.0 Å². The number of anilines is 3. The van der Waals surface area contributed by atoms with Gasteiger partial charge < -0.3 is 20.0 Å². The van der Waals surface area contributed by atoms with Gasteiger partial charge in [0, 0.05) is 39.3 Å². The lowest BCUT2D eigenvalue weighted by molar-refractivity contribution is -0.136. The third-order valence-corrected chi connectivity index (χ3v) is 5.93. The minimum atomic E-state index is -4.53. The van der Waals surface area contributed by atoms with E-state index in [1.165, 1.54) is 48.8 Å². The largest absolute Gasteiger partial charge is 0.418 e. The second kappa shape index (κ2) is 9.62. The molecule has 1 aromatic carbocycles. The minimum Gasteiger partial charge on any atom is -0.355 e. The number of piperazine rings is 1. The highest BCUT2D eigenvalue weighted by molar-refractivity contribution is 5.90. The standard InChI is InChI=1S/C22H27F3N6O/c23-22(24,25)17-7-3-4-8-18(17)26-21(32)31-15-13-30(14-16-31)20-10-9-19(27-28-20)29-11-5-1-2-6-12-29/h3-4,7-10H,1-2,5-6,11-16H2,(H,26,32). The second-order valence-electron chi connectivity index (χ2n) is 8.10. The van der Waals surface area contributed by atoms with Crippen molar-refractivity contribution in [3.63, 3.8) is 0 Å². The van der Waals surface area contributed by atoms with Gasteiger partial charge in [0.2, 0.25) is 0 Å². The number of hydrogen-bond acceptors (Lipinski definition) is 5. The Bertz CT molecular complexity index is 905. The number of carbonyl (C=O) groups excluding carboxylic acids is 1. The molecule has 0 bridgehead atoms. The van der Waals surface area contributed by atoms with Crippen molar-refractivity contribution in [2.24, 2.45) is 0 Å². The van der Waals surface area contributed by atoms with Gasteiger partial charge >= 0.3 is 12.2 Å². The van der Waals surface area contributed by atoms with Crippen LogP contribution in [-0.4, -0.2) is 60.4 Å². The van der Waals surface area contributed by atoms with Crippen molar-refractivity contribution in [2.75, 3.05) is 54.4 Å². The molecule has 0 spiro atoms. The lowest BCUT2D eigenvalue weighted by Gasteiger charge is -2.35. The van der Waals surface area contributed by atoms with E-state index in [-0.39, 0.29) is 5.69 Å². The van der Waals surface area contributed by atoms with Crippen LogP contribution in [0.1, 0.15) is 31.2 Å². The molecule has 7 nitrogen and oxygen atoms in total. The van der Waals surface area contributed by atoms with Crippen LogP contribution in [0.15, 0.2) is 36.4 Å². The molecular weight excluding hydrogens is 421 g/mol. The van der Waals surface area contributed by atoms with Crippen LogP contribution in [0.5, 0.6) is 0 Å². The minimum absolute atomic E-state index is 0.234. The van der Waals surface area contributed by atoms with Crippen molar-refractivity contribution in [1.29, 1.82) is 0 Å². The highest BCUT2D eigenvalue weighted by atomic mass is 19.4. The molecule has 0 atom stereocenters. The first-order valence-electron chi connectivity index (χ1n) is 11.0. The number of aromatic nitrogens is 2. The van der Waals surface area contributed by atoms with E-state index in [1.54, 1.807) is 0 Å². The number of alkyl halides is 3. The van der Waals surface area contributed by atoms with E-state index in [2.05, 4.69) is 20.4 Å². The summed E-state index contributed by atoms with van der Waals surface area (Å²) in [6.45, 7) is 3.84. The van der Waals surface area contributed by atoms with Gasteiger partial charge in [-0.15, -0.1) is 10.2 Å². The molecule has 2 aliphatic rings. The number of para-hydroxylation sites is 1. The summed E-state index contributed by atoms with van der Waals surface area (Å²) in [6, 6.07) is 8.39. The van der Waals surface area contributed by atoms with Crippen molar-refractivity contribution >= 4 is 23.4 Å². The zero-order chi connectivity index (χ0) is 22.6. The summed E-state index contributed by atoms with van der Waals surface area (Å²) in [5, 5.41) is 11.2. The molecule has 2 aliphatic heterocycles. The zero-order valence-corrected chi connectivity index (χ0v) is 17.8. The predicted octanol–water partition coefficient (Wildman–Crippen LogP) is 4.23. The Labute approximate surface area is 185 Å². The molecule has 2 aromatic rings. The van der Waals surface area contributed by atoms with E-state index in [1.807, 2.05) is 17.0 Å². The van der Waals surface area contributed by atoms with Crippen molar-refractivity contribution in [2.45, 2.75) is 31.9 Å². The maximum Gasteiger partial charge on any atom is 0.418 e. The Hall–Kier alpha value is -3.04. The van der Waals surface area contributed by atoms with Crippen LogP contribution < -0.4 is 15.1 Å². The van der Waals surface area contributed by atoms with Crippen molar-refractivity contribution in [3.8, 4) is 0 Å². The zero-order valence-electron chi connectivity index (χ0n) is 17.8. The molecule has 4 rings (SSSR count). The van der Waals surface area contributed by atoms with Crippen molar-refractivity contribution < 1.29 is 18.0 Å².